The Labute approximate surface area is 95.4 Å². The highest BCUT2D eigenvalue weighted by Crippen LogP contribution is 2.27. The summed E-state index contributed by atoms with van der Waals surface area (Å²) in [6, 6.07) is 0.793. The van der Waals surface area contributed by atoms with Gasteiger partial charge in [0.1, 0.15) is 0 Å². The normalized spacial score (nSPS) is 32.8. The Bertz CT molecular complexity index is 170. The molecule has 90 valence electrons. The van der Waals surface area contributed by atoms with E-state index in [9.17, 15) is 0 Å². The van der Waals surface area contributed by atoms with E-state index in [0.717, 1.165) is 17.9 Å². The number of piperidine rings is 1. The number of rotatable bonds is 2. The van der Waals surface area contributed by atoms with Gasteiger partial charge in [0, 0.05) is 12.6 Å². The summed E-state index contributed by atoms with van der Waals surface area (Å²) < 4.78 is 0. The van der Waals surface area contributed by atoms with Gasteiger partial charge in [-0.1, -0.05) is 20.8 Å². The first-order valence-electron chi connectivity index (χ1n) is 6.76. The first kappa shape index (κ1) is 13.0. The van der Waals surface area contributed by atoms with Crippen LogP contribution in [0.15, 0.2) is 0 Å². The van der Waals surface area contributed by atoms with Crippen molar-refractivity contribution in [1.82, 2.24) is 10.2 Å². The Hall–Kier alpha value is -0.0800. The molecule has 2 saturated heterocycles. The molecule has 0 aromatic heterocycles. The molecule has 0 spiro atoms. The van der Waals surface area contributed by atoms with Gasteiger partial charge in [-0.05, 0) is 51.2 Å². The number of nitrogens with zero attached hydrogens (tertiary/aromatic N) is 1. The lowest BCUT2D eigenvalue weighted by atomic mass is 9.88. The van der Waals surface area contributed by atoms with Gasteiger partial charge in [0.25, 0.3) is 0 Å². The summed E-state index contributed by atoms with van der Waals surface area (Å²) >= 11 is 0. The predicted molar refractivity (Wildman–Crippen MR) is 67.1 cm³/mol. The fourth-order valence-corrected chi connectivity index (χ4v) is 2.72. The minimum Gasteiger partial charge on any atom is -0.316 e. The molecule has 0 saturated carbocycles. The van der Waals surface area contributed by atoms with E-state index in [1.165, 1.54) is 39.0 Å². The third-order valence-electron chi connectivity index (χ3n) is 3.95. The van der Waals surface area contributed by atoms with Crippen LogP contribution in [0.1, 0.15) is 40.5 Å². The number of nitrogens with one attached hydrogen (secondary N) is 1. The first-order valence-corrected chi connectivity index (χ1v) is 6.76. The zero-order valence-electron chi connectivity index (χ0n) is 10.9. The average molecular weight is 212 g/mol. The third-order valence-corrected chi connectivity index (χ3v) is 3.95. The summed E-state index contributed by atoms with van der Waals surface area (Å²) in [4.78, 5) is 2.67. The second-order valence-corrected chi connectivity index (χ2v) is 4.72. The van der Waals surface area contributed by atoms with Crippen LogP contribution in [0.25, 0.3) is 0 Å². The molecule has 0 aromatic rings. The van der Waals surface area contributed by atoms with Gasteiger partial charge in [-0.15, -0.1) is 0 Å². The van der Waals surface area contributed by atoms with Gasteiger partial charge < -0.3 is 10.2 Å². The van der Waals surface area contributed by atoms with E-state index in [4.69, 9.17) is 0 Å². The minimum absolute atomic E-state index is 0.793. The van der Waals surface area contributed by atoms with Crippen LogP contribution >= 0.6 is 0 Å². The summed E-state index contributed by atoms with van der Waals surface area (Å²) in [5.74, 6) is 1.93. The van der Waals surface area contributed by atoms with Crippen LogP contribution in [0.3, 0.4) is 0 Å². The van der Waals surface area contributed by atoms with Gasteiger partial charge in [-0.2, -0.15) is 0 Å². The second kappa shape index (κ2) is 6.49. The summed E-state index contributed by atoms with van der Waals surface area (Å²) in [6.07, 6.45) is 2.72. The molecule has 2 fully saturated rings. The van der Waals surface area contributed by atoms with E-state index in [1.54, 1.807) is 0 Å². The van der Waals surface area contributed by atoms with Crippen molar-refractivity contribution in [3.63, 3.8) is 0 Å². The number of hydrogen-bond acceptors (Lipinski definition) is 2. The van der Waals surface area contributed by atoms with Crippen LogP contribution in [-0.4, -0.2) is 37.1 Å². The van der Waals surface area contributed by atoms with E-state index in [0.29, 0.717) is 0 Å². The molecule has 3 unspecified atom stereocenters. The van der Waals surface area contributed by atoms with E-state index >= 15 is 0 Å². The highest BCUT2D eigenvalue weighted by molar-refractivity contribution is 4.88. The molecule has 2 heteroatoms. The Kier molecular flexibility index (Phi) is 5.62. The highest BCUT2D eigenvalue weighted by atomic mass is 15.2. The topological polar surface area (TPSA) is 15.3 Å². The van der Waals surface area contributed by atoms with Gasteiger partial charge in [0.15, 0.2) is 0 Å². The Morgan fingerprint density at radius 2 is 1.93 bits per heavy atom. The van der Waals surface area contributed by atoms with Crippen molar-refractivity contribution in [3.05, 3.63) is 0 Å². The van der Waals surface area contributed by atoms with Crippen molar-refractivity contribution >= 4 is 0 Å². The van der Waals surface area contributed by atoms with Crippen molar-refractivity contribution < 1.29 is 0 Å². The van der Waals surface area contributed by atoms with Gasteiger partial charge in [-0.25, -0.2) is 0 Å². The van der Waals surface area contributed by atoms with E-state index in [1.807, 2.05) is 13.8 Å². The van der Waals surface area contributed by atoms with Crippen molar-refractivity contribution in [2.45, 2.75) is 46.6 Å². The molecule has 2 heterocycles. The summed E-state index contributed by atoms with van der Waals surface area (Å²) in [5.41, 5.74) is 0. The lowest BCUT2D eigenvalue weighted by Crippen LogP contribution is -2.44. The number of likely N-dealkylation sites (tertiary alicyclic amines) is 1. The summed E-state index contributed by atoms with van der Waals surface area (Å²) in [6.45, 7) is 13.9. The zero-order chi connectivity index (χ0) is 11.3. The van der Waals surface area contributed by atoms with Crippen LogP contribution in [-0.2, 0) is 0 Å². The molecule has 2 nitrogen and oxygen atoms in total. The van der Waals surface area contributed by atoms with E-state index in [-0.39, 0.29) is 0 Å². The maximum absolute atomic E-state index is 3.52. The molecule has 0 radical (unpaired) electrons. The van der Waals surface area contributed by atoms with Crippen LogP contribution in [0.4, 0.5) is 0 Å². The van der Waals surface area contributed by atoms with Crippen molar-refractivity contribution in [2.75, 3.05) is 26.2 Å². The smallest absolute Gasteiger partial charge is 0.00644 e. The molecular formula is C13H28N2. The molecule has 2 aliphatic rings. The fourth-order valence-electron chi connectivity index (χ4n) is 2.72. The number of hydrogen-bond donors (Lipinski definition) is 1. The maximum atomic E-state index is 3.52. The molecular weight excluding hydrogens is 184 g/mol. The molecule has 1 N–H and O–H groups in total. The summed E-state index contributed by atoms with van der Waals surface area (Å²) in [5, 5.41) is 3.52. The largest absolute Gasteiger partial charge is 0.316 e. The zero-order valence-corrected chi connectivity index (χ0v) is 10.9. The van der Waals surface area contributed by atoms with Crippen LogP contribution < -0.4 is 5.32 Å². The van der Waals surface area contributed by atoms with E-state index < -0.39 is 0 Å². The quantitative estimate of drug-likeness (QED) is 0.756. The SMILES string of the molecule is CC.CCC(C)N1CCC2CNCC2C1. The van der Waals surface area contributed by atoms with Crippen molar-refractivity contribution in [1.29, 1.82) is 0 Å². The Morgan fingerprint density at radius 1 is 1.27 bits per heavy atom. The molecule has 0 bridgehead atoms. The van der Waals surface area contributed by atoms with Crippen molar-refractivity contribution in [2.24, 2.45) is 11.8 Å². The third kappa shape index (κ3) is 3.18. The van der Waals surface area contributed by atoms with Gasteiger partial charge in [0.05, 0.1) is 0 Å². The lowest BCUT2D eigenvalue weighted by Gasteiger charge is -2.37. The van der Waals surface area contributed by atoms with Crippen LogP contribution in [0.2, 0.25) is 0 Å². The molecule has 2 rings (SSSR count). The predicted octanol–water partition coefficient (Wildman–Crippen LogP) is 2.35. The van der Waals surface area contributed by atoms with Gasteiger partial charge >= 0.3 is 0 Å². The standard InChI is InChI=1S/C11H22N2.C2H6/c1-3-9(2)13-5-4-10-6-12-7-11(10)8-13;1-2/h9-12H,3-8H2,1-2H3;1-2H3. The Morgan fingerprint density at radius 3 is 2.60 bits per heavy atom. The molecule has 3 atom stereocenters. The summed E-state index contributed by atoms with van der Waals surface area (Å²) in [7, 11) is 0. The fraction of sp³-hybridized carbons (Fsp3) is 1.00. The molecule has 2 aliphatic heterocycles. The first-order chi connectivity index (χ1) is 7.31. The van der Waals surface area contributed by atoms with E-state index in [2.05, 4.69) is 24.1 Å². The van der Waals surface area contributed by atoms with Gasteiger partial charge in [0.2, 0.25) is 0 Å². The van der Waals surface area contributed by atoms with Gasteiger partial charge in [-0.3, -0.25) is 0 Å². The average Bonchev–Trinajstić information content (AvgIpc) is 2.77. The second-order valence-electron chi connectivity index (χ2n) is 4.72. The monoisotopic (exact) mass is 212 g/mol. The highest BCUT2D eigenvalue weighted by Gasteiger charge is 2.33. The molecule has 15 heavy (non-hydrogen) atoms. The minimum atomic E-state index is 0.793. The van der Waals surface area contributed by atoms with Crippen LogP contribution in [0.5, 0.6) is 0 Å². The maximum Gasteiger partial charge on any atom is 0.00644 e. The molecule has 0 aromatic carbocycles. The lowest BCUT2D eigenvalue weighted by molar-refractivity contribution is 0.109. The van der Waals surface area contributed by atoms with Crippen molar-refractivity contribution in [3.8, 4) is 0 Å². The van der Waals surface area contributed by atoms with Crippen LogP contribution in [0, 0.1) is 11.8 Å². The molecule has 0 amide bonds. The Balaban J connectivity index is 0.000000531. The number of fused-ring (bicyclic) bond motifs is 1. The molecule has 0 aliphatic carbocycles.